The quantitative estimate of drug-likeness (QED) is 0.591. The lowest BCUT2D eigenvalue weighted by Gasteiger charge is -2.26. The first-order valence-electron chi connectivity index (χ1n) is 8.32. The summed E-state index contributed by atoms with van der Waals surface area (Å²) < 4.78 is 16.0. The van der Waals surface area contributed by atoms with Gasteiger partial charge in [-0.2, -0.15) is 0 Å². The van der Waals surface area contributed by atoms with Gasteiger partial charge in [0, 0.05) is 32.7 Å². The van der Waals surface area contributed by atoms with Crippen LogP contribution in [-0.4, -0.2) is 77.0 Å². The standard InChI is InChI=1S/C17H27N3O4/c1-22-15-2-4-16(5-3-15)24-11-7-18-14-17(21)19-6-8-20-9-12-23-13-10-20/h2-5,18H,6-14H2,1H3,(H,19,21). The molecule has 1 aromatic carbocycles. The highest BCUT2D eigenvalue weighted by atomic mass is 16.5. The third-order valence-corrected chi connectivity index (χ3v) is 3.75. The van der Waals surface area contributed by atoms with Crippen molar-refractivity contribution in [2.45, 2.75) is 0 Å². The van der Waals surface area contributed by atoms with Crippen LogP contribution in [0, 0.1) is 0 Å². The number of rotatable bonds is 10. The highest BCUT2D eigenvalue weighted by molar-refractivity contribution is 5.77. The van der Waals surface area contributed by atoms with Crippen LogP contribution in [0.5, 0.6) is 11.5 Å². The molecule has 0 bridgehead atoms. The number of carbonyl (C=O) groups excluding carboxylic acids is 1. The number of hydrogen-bond donors (Lipinski definition) is 2. The van der Waals surface area contributed by atoms with E-state index in [-0.39, 0.29) is 5.91 Å². The van der Waals surface area contributed by atoms with Gasteiger partial charge in [0.2, 0.25) is 5.91 Å². The van der Waals surface area contributed by atoms with Crippen LogP contribution in [0.3, 0.4) is 0 Å². The average Bonchev–Trinajstić information content (AvgIpc) is 2.63. The number of amides is 1. The van der Waals surface area contributed by atoms with Crippen LogP contribution in [0.25, 0.3) is 0 Å². The zero-order valence-corrected chi connectivity index (χ0v) is 14.3. The van der Waals surface area contributed by atoms with Gasteiger partial charge in [-0.3, -0.25) is 9.69 Å². The van der Waals surface area contributed by atoms with Gasteiger partial charge >= 0.3 is 0 Å². The molecule has 0 aromatic heterocycles. The Balaban J connectivity index is 1.46. The molecule has 0 atom stereocenters. The lowest BCUT2D eigenvalue weighted by Crippen LogP contribution is -2.43. The van der Waals surface area contributed by atoms with Crippen molar-refractivity contribution < 1.29 is 19.0 Å². The Bertz CT molecular complexity index is 475. The molecule has 134 valence electrons. The molecular formula is C17H27N3O4. The highest BCUT2D eigenvalue weighted by Crippen LogP contribution is 2.16. The van der Waals surface area contributed by atoms with E-state index in [0.29, 0.717) is 26.2 Å². The summed E-state index contributed by atoms with van der Waals surface area (Å²) in [6, 6.07) is 7.42. The van der Waals surface area contributed by atoms with Crippen LogP contribution >= 0.6 is 0 Å². The van der Waals surface area contributed by atoms with Crippen LogP contribution in [-0.2, 0) is 9.53 Å². The van der Waals surface area contributed by atoms with E-state index in [1.807, 2.05) is 24.3 Å². The van der Waals surface area contributed by atoms with Gasteiger partial charge in [-0.15, -0.1) is 0 Å². The summed E-state index contributed by atoms with van der Waals surface area (Å²) in [6.07, 6.45) is 0. The molecular weight excluding hydrogens is 310 g/mol. The lowest BCUT2D eigenvalue weighted by atomic mass is 10.3. The van der Waals surface area contributed by atoms with Gasteiger partial charge in [-0.1, -0.05) is 0 Å². The van der Waals surface area contributed by atoms with Gasteiger partial charge in [0.25, 0.3) is 0 Å². The maximum atomic E-state index is 11.7. The Morgan fingerprint density at radius 2 is 1.88 bits per heavy atom. The van der Waals surface area contributed by atoms with E-state index in [0.717, 1.165) is 44.3 Å². The second-order valence-corrected chi connectivity index (χ2v) is 5.50. The van der Waals surface area contributed by atoms with Crippen LogP contribution < -0.4 is 20.1 Å². The van der Waals surface area contributed by atoms with Gasteiger partial charge in [0.15, 0.2) is 0 Å². The van der Waals surface area contributed by atoms with Gasteiger partial charge in [0.05, 0.1) is 26.9 Å². The largest absolute Gasteiger partial charge is 0.497 e. The Morgan fingerprint density at radius 3 is 2.58 bits per heavy atom. The maximum absolute atomic E-state index is 11.7. The monoisotopic (exact) mass is 337 g/mol. The Morgan fingerprint density at radius 1 is 1.17 bits per heavy atom. The first-order valence-corrected chi connectivity index (χ1v) is 8.32. The predicted molar refractivity (Wildman–Crippen MR) is 91.6 cm³/mol. The van der Waals surface area contributed by atoms with Crippen molar-refractivity contribution in [3.05, 3.63) is 24.3 Å². The van der Waals surface area contributed by atoms with E-state index in [2.05, 4.69) is 15.5 Å². The van der Waals surface area contributed by atoms with Crippen LogP contribution in [0.4, 0.5) is 0 Å². The third kappa shape index (κ3) is 7.16. The van der Waals surface area contributed by atoms with Crippen LogP contribution in [0.15, 0.2) is 24.3 Å². The van der Waals surface area contributed by atoms with E-state index >= 15 is 0 Å². The van der Waals surface area contributed by atoms with E-state index in [4.69, 9.17) is 14.2 Å². The predicted octanol–water partition coefficient (Wildman–Crippen LogP) is 0.112. The Labute approximate surface area is 143 Å². The van der Waals surface area contributed by atoms with Crippen molar-refractivity contribution in [2.75, 3.05) is 66.2 Å². The molecule has 0 radical (unpaired) electrons. The molecule has 24 heavy (non-hydrogen) atoms. The SMILES string of the molecule is COc1ccc(OCCNCC(=O)NCCN2CCOCC2)cc1. The summed E-state index contributed by atoms with van der Waals surface area (Å²) in [4.78, 5) is 14.0. The fraction of sp³-hybridized carbons (Fsp3) is 0.588. The molecule has 0 saturated carbocycles. The molecule has 1 aliphatic heterocycles. The van der Waals surface area contributed by atoms with E-state index in [9.17, 15) is 4.79 Å². The summed E-state index contributed by atoms with van der Waals surface area (Å²) in [5.41, 5.74) is 0. The van der Waals surface area contributed by atoms with Gasteiger partial charge in [0.1, 0.15) is 18.1 Å². The second-order valence-electron chi connectivity index (χ2n) is 5.50. The number of methoxy groups -OCH3 is 1. The molecule has 7 heteroatoms. The molecule has 0 unspecified atom stereocenters. The third-order valence-electron chi connectivity index (χ3n) is 3.75. The number of hydrogen-bond acceptors (Lipinski definition) is 6. The smallest absolute Gasteiger partial charge is 0.234 e. The summed E-state index contributed by atoms with van der Waals surface area (Å²) in [5.74, 6) is 1.59. The van der Waals surface area contributed by atoms with Crippen molar-refractivity contribution in [3.63, 3.8) is 0 Å². The molecule has 1 aromatic rings. The first-order chi connectivity index (χ1) is 11.8. The lowest BCUT2D eigenvalue weighted by molar-refractivity contribution is -0.120. The molecule has 2 rings (SSSR count). The summed E-state index contributed by atoms with van der Waals surface area (Å²) in [6.45, 7) is 6.41. The van der Waals surface area contributed by atoms with Crippen molar-refractivity contribution >= 4 is 5.91 Å². The van der Waals surface area contributed by atoms with Crippen molar-refractivity contribution in [1.82, 2.24) is 15.5 Å². The maximum Gasteiger partial charge on any atom is 0.234 e. The molecule has 1 amide bonds. The minimum Gasteiger partial charge on any atom is -0.497 e. The number of morpholine rings is 1. The number of carbonyl (C=O) groups is 1. The zero-order chi connectivity index (χ0) is 17.0. The molecule has 1 heterocycles. The molecule has 1 fully saturated rings. The van der Waals surface area contributed by atoms with Crippen LogP contribution in [0.1, 0.15) is 0 Å². The molecule has 2 N–H and O–H groups in total. The minimum absolute atomic E-state index is 0.00714. The van der Waals surface area contributed by atoms with Crippen molar-refractivity contribution in [1.29, 1.82) is 0 Å². The number of nitrogens with one attached hydrogen (secondary N) is 2. The molecule has 7 nitrogen and oxygen atoms in total. The fourth-order valence-corrected chi connectivity index (χ4v) is 2.36. The summed E-state index contributed by atoms with van der Waals surface area (Å²) in [5, 5.41) is 5.98. The highest BCUT2D eigenvalue weighted by Gasteiger charge is 2.09. The van der Waals surface area contributed by atoms with E-state index < -0.39 is 0 Å². The topological polar surface area (TPSA) is 72.1 Å². The number of benzene rings is 1. The fourth-order valence-electron chi connectivity index (χ4n) is 2.36. The van der Waals surface area contributed by atoms with Crippen LogP contribution in [0.2, 0.25) is 0 Å². The summed E-state index contributed by atoms with van der Waals surface area (Å²) >= 11 is 0. The zero-order valence-electron chi connectivity index (χ0n) is 14.3. The molecule has 1 saturated heterocycles. The Hall–Kier alpha value is -1.83. The molecule has 0 spiro atoms. The van der Waals surface area contributed by atoms with Crippen molar-refractivity contribution in [2.24, 2.45) is 0 Å². The minimum atomic E-state index is 0.00714. The molecule has 0 aliphatic carbocycles. The normalized spacial score (nSPS) is 15.0. The summed E-state index contributed by atoms with van der Waals surface area (Å²) in [7, 11) is 1.63. The Kier molecular flexibility index (Phi) is 8.37. The second kappa shape index (κ2) is 10.9. The molecule has 1 aliphatic rings. The number of nitrogens with zero attached hydrogens (tertiary/aromatic N) is 1. The van der Waals surface area contributed by atoms with Crippen molar-refractivity contribution in [3.8, 4) is 11.5 Å². The first kappa shape index (κ1) is 18.5. The average molecular weight is 337 g/mol. The van der Waals surface area contributed by atoms with Gasteiger partial charge < -0.3 is 24.8 Å². The number of ether oxygens (including phenoxy) is 3. The van der Waals surface area contributed by atoms with Gasteiger partial charge in [-0.25, -0.2) is 0 Å². The van der Waals surface area contributed by atoms with E-state index in [1.54, 1.807) is 7.11 Å². The van der Waals surface area contributed by atoms with Gasteiger partial charge in [-0.05, 0) is 24.3 Å². The van der Waals surface area contributed by atoms with E-state index in [1.165, 1.54) is 0 Å².